The zero-order valence-electron chi connectivity index (χ0n) is 10.2. The van der Waals surface area contributed by atoms with Crippen molar-refractivity contribution < 1.29 is 0 Å². The van der Waals surface area contributed by atoms with E-state index in [9.17, 15) is 0 Å². The van der Waals surface area contributed by atoms with Crippen LogP contribution in [0.1, 0.15) is 31.5 Å². The Balaban J connectivity index is 1.75. The van der Waals surface area contributed by atoms with Crippen molar-refractivity contribution in [2.75, 3.05) is 5.75 Å². The smallest absolute Gasteiger partial charge is 0.176 e. The van der Waals surface area contributed by atoms with Gasteiger partial charge < -0.3 is 0 Å². The van der Waals surface area contributed by atoms with Gasteiger partial charge in [-0.25, -0.2) is 0 Å². The van der Waals surface area contributed by atoms with Crippen molar-refractivity contribution in [1.82, 2.24) is 25.6 Å². The molecule has 0 amide bonds. The Labute approximate surface area is 106 Å². The van der Waals surface area contributed by atoms with Gasteiger partial charge >= 0.3 is 0 Å². The van der Waals surface area contributed by atoms with E-state index < -0.39 is 0 Å². The van der Waals surface area contributed by atoms with Crippen LogP contribution in [0, 0.1) is 0 Å². The molecule has 0 aliphatic heterocycles. The average molecular weight is 256 g/mol. The molecule has 1 saturated carbocycles. The molecule has 0 saturated heterocycles. The second kappa shape index (κ2) is 6.32. The molecule has 1 fully saturated rings. The molecule has 1 unspecified atom stereocenters. The van der Waals surface area contributed by atoms with Crippen molar-refractivity contribution in [3.63, 3.8) is 0 Å². The van der Waals surface area contributed by atoms with Gasteiger partial charge in [0.1, 0.15) is 0 Å². The average Bonchev–Trinajstić information content (AvgIpc) is 2.96. The number of rotatable bonds is 6. The van der Waals surface area contributed by atoms with E-state index in [0.717, 1.165) is 23.2 Å². The van der Waals surface area contributed by atoms with Gasteiger partial charge in [-0.15, -0.1) is 10.2 Å². The normalized spacial score (nSPS) is 18.7. The fraction of sp³-hybridized carbons (Fsp3) is 0.900. The molecule has 1 aliphatic carbocycles. The summed E-state index contributed by atoms with van der Waals surface area (Å²) in [5.41, 5.74) is 2.85. The highest BCUT2D eigenvalue weighted by atomic mass is 32.2. The van der Waals surface area contributed by atoms with E-state index in [0.29, 0.717) is 0 Å². The number of hydrazine groups is 1. The molecule has 96 valence electrons. The number of nitrogens with two attached hydrogens (primary N) is 1. The summed E-state index contributed by atoms with van der Waals surface area (Å²) >= 11 is 2.02. The first-order valence-electron chi connectivity index (χ1n) is 6.08. The van der Waals surface area contributed by atoms with Crippen LogP contribution in [0.2, 0.25) is 0 Å². The Bertz CT molecular complexity index is 335. The SMILES string of the molecule is Cn1nnc(CC(CSC2CCCC2)NN)n1. The number of aromatic nitrogens is 4. The topological polar surface area (TPSA) is 81.7 Å². The third-order valence-corrected chi connectivity index (χ3v) is 4.59. The molecule has 0 aromatic carbocycles. The quantitative estimate of drug-likeness (QED) is 0.561. The van der Waals surface area contributed by atoms with E-state index in [1.807, 2.05) is 11.8 Å². The van der Waals surface area contributed by atoms with E-state index in [2.05, 4.69) is 20.8 Å². The zero-order valence-corrected chi connectivity index (χ0v) is 11.0. The number of nitrogens with zero attached hydrogens (tertiary/aromatic N) is 4. The Hall–Kier alpha value is -0.660. The molecular formula is C10H20N6S. The number of tetrazole rings is 1. The Morgan fingerprint density at radius 1 is 1.53 bits per heavy atom. The molecule has 1 aliphatic rings. The van der Waals surface area contributed by atoms with Gasteiger partial charge in [0.05, 0.1) is 7.05 Å². The van der Waals surface area contributed by atoms with Gasteiger partial charge in [0.25, 0.3) is 0 Å². The van der Waals surface area contributed by atoms with Gasteiger partial charge in [-0.3, -0.25) is 11.3 Å². The minimum absolute atomic E-state index is 0.227. The zero-order chi connectivity index (χ0) is 12.1. The highest BCUT2D eigenvalue weighted by Crippen LogP contribution is 2.29. The summed E-state index contributed by atoms with van der Waals surface area (Å²) in [5.74, 6) is 7.33. The number of thioether (sulfide) groups is 1. The first kappa shape index (κ1) is 12.8. The predicted molar refractivity (Wildman–Crippen MR) is 68.3 cm³/mol. The lowest BCUT2D eigenvalue weighted by Crippen LogP contribution is -2.39. The van der Waals surface area contributed by atoms with Crippen molar-refractivity contribution in [3.05, 3.63) is 5.82 Å². The molecule has 0 bridgehead atoms. The number of hydrogen-bond donors (Lipinski definition) is 2. The van der Waals surface area contributed by atoms with E-state index in [-0.39, 0.29) is 6.04 Å². The molecule has 17 heavy (non-hydrogen) atoms. The van der Waals surface area contributed by atoms with Crippen molar-refractivity contribution in [2.24, 2.45) is 12.9 Å². The third-order valence-electron chi connectivity index (χ3n) is 3.05. The predicted octanol–water partition coefficient (Wildman–Crippen LogP) is 0.260. The summed E-state index contributed by atoms with van der Waals surface area (Å²) in [6.45, 7) is 0. The fourth-order valence-electron chi connectivity index (χ4n) is 2.10. The van der Waals surface area contributed by atoms with Gasteiger partial charge in [0.2, 0.25) is 0 Å². The highest BCUT2D eigenvalue weighted by Gasteiger charge is 2.18. The van der Waals surface area contributed by atoms with Crippen LogP contribution < -0.4 is 11.3 Å². The first-order chi connectivity index (χ1) is 8.28. The van der Waals surface area contributed by atoms with E-state index in [4.69, 9.17) is 5.84 Å². The summed E-state index contributed by atoms with van der Waals surface area (Å²) in [4.78, 5) is 1.48. The maximum atomic E-state index is 5.57. The van der Waals surface area contributed by atoms with Crippen LogP contribution in [-0.2, 0) is 13.5 Å². The molecule has 0 radical (unpaired) electrons. The maximum Gasteiger partial charge on any atom is 0.176 e. The Kier molecular flexibility index (Phi) is 4.75. The standard InChI is InChI=1S/C10H20N6S/c1-16-14-10(13-15-16)6-8(12-11)7-17-9-4-2-3-5-9/h8-9,12H,2-7,11H2,1H3. The van der Waals surface area contributed by atoms with Crippen LogP contribution in [0.15, 0.2) is 0 Å². The molecular weight excluding hydrogens is 236 g/mol. The van der Waals surface area contributed by atoms with Gasteiger partial charge in [-0.1, -0.05) is 12.8 Å². The molecule has 1 heterocycles. The van der Waals surface area contributed by atoms with Gasteiger partial charge in [-0.2, -0.15) is 16.6 Å². The largest absolute Gasteiger partial charge is 0.271 e. The lowest BCUT2D eigenvalue weighted by Gasteiger charge is -2.16. The monoisotopic (exact) mass is 256 g/mol. The molecule has 7 heteroatoms. The number of hydrogen-bond acceptors (Lipinski definition) is 6. The van der Waals surface area contributed by atoms with Crippen LogP contribution in [-0.4, -0.2) is 37.3 Å². The lowest BCUT2D eigenvalue weighted by atomic mass is 10.2. The third kappa shape index (κ3) is 3.93. The molecule has 3 N–H and O–H groups in total. The fourth-order valence-corrected chi connectivity index (χ4v) is 3.48. The second-order valence-electron chi connectivity index (χ2n) is 4.50. The second-order valence-corrected chi connectivity index (χ2v) is 5.84. The van der Waals surface area contributed by atoms with Gasteiger partial charge in [0.15, 0.2) is 5.82 Å². The first-order valence-corrected chi connectivity index (χ1v) is 7.13. The van der Waals surface area contributed by atoms with Crippen LogP contribution in [0.5, 0.6) is 0 Å². The summed E-state index contributed by atoms with van der Waals surface area (Å²) in [6.07, 6.45) is 6.20. The van der Waals surface area contributed by atoms with E-state index >= 15 is 0 Å². The summed E-state index contributed by atoms with van der Waals surface area (Å²) < 4.78 is 0. The number of aryl methyl sites for hydroxylation is 1. The van der Waals surface area contributed by atoms with Crippen molar-refractivity contribution >= 4 is 11.8 Å². The van der Waals surface area contributed by atoms with Crippen LogP contribution in [0.3, 0.4) is 0 Å². The van der Waals surface area contributed by atoms with E-state index in [1.54, 1.807) is 7.05 Å². The molecule has 2 rings (SSSR count). The van der Waals surface area contributed by atoms with E-state index in [1.165, 1.54) is 30.5 Å². The lowest BCUT2D eigenvalue weighted by molar-refractivity contribution is 0.557. The van der Waals surface area contributed by atoms with Crippen LogP contribution in [0.25, 0.3) is 0 Å². The highest BCUT2D eigenvalue weighted by molar-refractivity contribution is 7.99. The van der Waals surface area contributed by atoms with Crippen molar-refractivity contribution in [3.8, 4) is 0 Å². The molecule has 1 aromatic heterocycles. The Morgan fingerprint density at radius 2 is 2.29 bits per heavy atom. The summed E-state index contributed by atoms with van der Waals surface area (Å²) in [6, 6.07) is 0.227. The minimum Gasteiger partial charge on any atom is -0.271 e. The molecule has 1 atom stereocenters. The number of nitrogens with one attached hydrogen (secondary N) is 1. The van der Waals surface area contributed by atoms with Gasteiger partial charge in [0, 0.05) is 23.5 Å². The molecule has 6 nitrogen and oxygen atoms in total. The maximum absolute atomic E-state index is 5.57. The summed E-state index contributed by atoms with van der Waals surface area (Å²) in [5, 5.41) is 12.8. The Morgan fingerprint density at radius 3 is 2.88 bits per heavy atom. The van der Waals surface area contributed by atoms with Crippen molar-refractivity contribution in [2.45, 2.75) is 43.4 Å². The minimum atomic E-state index is 0.227. The van der Waals surface area contributed by atoms with Crippen LogP contribution in [0.4, 0.5) is 0 Å². The summed E-state index contributed by atoms with van der Waals surface area (Å²) in [7, 11) is 1.77. The molecule has 1 aromatic rings. The van der Waals surface area contributed by atoms with Gasteiger partial charge in [-0.05, 0) is 18.1 Å². The van der Waals surface area contributed by atoms with Crippen molar-refractivity contribution in [1.29, 1.82) is 0 Å². The van der Waals surface area contributed by atoms with Crippen LogP contribution >= 0.6 is 11.8 Å². The molecule has 0 spiro atoms.